The molecule has 0 atom stereocenters. The Morgan fingerprint density at radius 3 is 2.41 bits per heavy atom. The van der Waals surface area contributed by atoms with E-state index in [1.807, 2.05) is 32.9 Å². The minimum atomic E-state index is -0.00276. The predicted molar refractivity (Wildman–Crippen MR) is 71.1 cm³/mol. The molecule has 0 unspecified atom stereocenters. The van der Waals surface area contributed by atoms with Gasteiger partial charge in [0.2, 0.25) is 0 Å². The first-order chi connectivity index (χ1) is 8.06. The minimum Gasteiger partial charge on any atom is -0.352 e. The summed E-state index contributed by atoms with van der Waals surface area (Å²) in [5, 5.41) is 2.90. The number of terminal acetylenes is 1. The number of unbranched alkanes of at least 4 members (excludes halogenated alkanes) is 1. The zero-order valence-corrected chi connectivity index (χ0v) is 10.8. The summed E-state index contributed by atoms with van der Waals surface area (Å²) in [7, 11) is 0. The Morgan fingerprint density at radius 1 is 1.29 bits per heavy atom. The topological polar surface area (TPSA) is 29.1 Å². The molecule has 0 fully saturated rings. The van der Waals surface area contributed by atoms with Crippen LogP contribution in [0.3, 0.4) is 0 Å². The summed E-state index contributed by atoms with van der Waals surface area (Å²) in [5.41, 5.74) is 4.02. The van der Waals surface area contributed by atoms with Gasteiger partial charge in [-0.25, -0.2) is 0 Å². The van der Waals surface area contributed by atoms with Crippen molar-refractivity contribution in [1.82, 2.24) is 5.32 Å². The van der Waals surface area contributed by atoms with E-state index in [1.165, 1.54) is 5.56 Å². The van der Waals surface area contributed by atoms with E-state index in [1.54, 1.807) is 0 Å². The van der Waals surface area contributed by atoms with Crippen LogP contribution in [0.25, 0.3) is 0 Å². The van der Waals surface area contributed by atoms with Gasteiger partial charge in [-0.05, 0) is 38.3 Å². The highest BCUT2D eigenvalue weighted by Gasteiger charge is 2.11. The molecule has 90 valence electrons. The van der Waals surface area contributed by atoms with E-state index in [2.05, 4.69) is 11.2 Å². The number of aryl methyl sites for hydroxylation is 3. The summed E-state index contributed by atoms with van der Waals surface area (Å²) < 4.78 is 0. The molecule has 1 aromatic carbocycles. The number of carbonyl (C=O) groups is 1. The van der Waals surface area contributed by atoms with Crippen molar-refractivity contribution >= 4 is 5.91 Å². The molecule has 0 aliphatic carbocycles. The van der Waals surface area contributed by atoms with Gasteiger partial charge in [0, 0.05) is 18.5 Å². The van der Waals surface area contributed by atoms with Gasteiger partial charge in [-0.1, -0.05) is 17.7 Å². The first-order valence-electron chi connectivity index (χ1n) is 5.85. The van der Waals surface area contributed by atoms with Crippen molar-refractivity contribution < 1.29 is 4.79 Å². The average molecular weight is 229 g/mol. The van der Waals surface area contributed by atoms with Crippen LogP contribution in [0, 0.1) is 33.1 Å². The second-order valence-corrected chi connectivity index (χ2v) is 4.34. The predicted octanol–water partition coefficient (Wildman–Crippen LogP) is 2.76. The maximum absolute atomic E-state index is 12.0. The number of nitrogens with one attached hydrogen (secondary N) is 1. The van der Waals surface area contributed by atoms with Gasteiger partial charge in [-0.15, -0.1) is 12.3 Å². The van der Waals surface area contributed by atoms with Crippen LogP contribution in [0.2, 0.25) is 0 Å². The fraction of sp³-hybridized carbons (Fsp3) is 0.400. The maximum atomic E-state index is 12.0. The molecule has 0 spiro atoms. The molecule has 0 saturated heterocycles. The van der Waals surface area contributed by atoms with Crippen molar-refractivity contribution in [1.29, 1.82) is 0 Å². The fourth-order valence-electron chi connectivity index (χ4n) is 2.02. The van der Waals surface area contributed by atoms with Gasteiger partial charge in [-0.3, -0.25) is 4.79 Å². The van der Waals surface area contributed by atoms with Crippen molar-refractivity contribution in [2.24, 2.45) is 0 Å². The molecule has 0 heterocycles. The number of carbonyl (C=O) groups excluding carboxylic acids is 1. The first-order valence-corrected chi connectivity index (χ1v) is 5.85. The van der Waals surface area contributed by atoms with E-state index in [0.29, 0.717) is 13.0 Å². The quantitative estimate of drug-likeness (QED) is 0.624. The third kappa shape index (κ3) is 3.64. The standard InChI is InChI=1S/C15H19NO/c1-5-6-7-8-16-15(17)14-12(3)9-11(2)10-13(14)4/h1,9-10H,6-8H2,2-4H3,(H,16,17). The fourth-order valence-corrected chi connectivity index (χ4v) is 2.02. The Bertz CT molecular complexity index is 431. The lowest BCUT2D eigenvalue weighted by Gasteiger charge is -2.11. The van der Waals surface area contributed by atoms with Crippen molar-refractivity contribution in [3.8, 4) is 12.3 Å². The second kappa shape index (κ2) is 6.10. The molecule has 1 aromatic rings. The summed E-state index contributed by atoms with van der Waals surface area (Å²) in [6.07, 6.45) is 6.68. The third-order valence-electron chi connectivity index (χ3n) is 2.69. The molecule has 2 heteroatoms. The molecular formula is C15H19NO. The van der Waals surface area contributed by atoms with Crippen LogP contribution < -0.4 is 5.32 Å². The molecule has 0 saturated carbocycles. The summed E-state index contributed by atoms with van der Waals surface area (Å²) >= 11 is 0. The number of benzene rings is 1. The molecule has 0 aromatic heterocycles. The van der Waals surface area contributed by atoms with Crippen molar-refractivity contribution in [3.63, 3.8) is 0 Å². The van der Waals surface area contributed by atoms with Gasteiger partial charge < -0.3 is 5.32 Å². The number of rotatable bonds is 4. The largest absolute Gasteiger partial charge is 0.352 e. The summed E-state index contributed by atoms with van der Waals surface area (Å²) in [4.78, 5) is 12.0. The maximum Gasteiger partial charge on any atom is 0.251 e. The molecule has 0 aliphatic heterocycles. The van der Waals surface area contributed by atoms with Gasteiger partial charge in [-0.2, -0.15) is 0 Å². The molecule has 0 aliphatic rings. The highest BCUT2D eigenvalue weighted by molar-refractivity contribution is 5.97. The smallest absolute Gasteiger partial charge is 0.251 e. The molecule has 1 amide bonds. The third-order valence-corrected chi connectivity index (χ3v) is 2.69. The average Bonchev–Trinajstić information content (AvgIpc) is 2.23. The summed E-state index contributed by atoms with van der Waals surface area (Å²) in [6.45, 7) is 6.61. The van der Waals surface area contributed by atoms with Crippen molar-refractivity contribution in [2.45, 2.75) is 33.6 Å². The molecule has 0 bridgehead atoms. The summed E-state index contributed by atoms with van der Waals surface area (Å²) in [5.74, 6) is 2.56. The first kappa shape index (κ1) is 13.3. The Morgan fingerprint density at radius 2 is 1.88 bits per heavy atom. The van der Waals surface area contributed by atoms with E-state index >= 15 is 0 Å². The number of amides is 1. The summed E-state index contributed by atoms with van der Waals surface area (Å²) in [6, 6.07) is 4.06. The Balaban J connectivity index is 2.73. The van der Waals surface area contributed by atoms with Crippen LogP contribution in [0.5, 0.6) is 0 Å². The van der Waals surface area contributed by atoms with Crippen LogP contribution in [0.1, 0.15) is 39.9 Å². The van der Waals surface area contributed by atoms with E-state index in [-0.39, 0.29) is 5.91 Å². The molecule has 1 rings (SSSR count). The zero-order chi connectivity index (χ0) is 12.8. The van der Waals surface area contributed by atoms with E-state index < -0.39 is 0 Å². The van der Waals surface area contributed by atoms with Crippen LogP contribution in [0.4, 0.5) is 0 Å². The molecule has 1 N–H and O–H groups in total. The van der Waals surface area contributed by atoms with Crippen LogP contribution in [-0.2, 0) is 0 Å². The highest BCUT2D eigenvalue weighted by atomic mass is 16.1. The second-order valence-electron chi connectivity index (χ2n) is 4.34. The Kier molecular flexibility index (Phi) is 4.78. The van der Waals surface area contributed by atoms with Gasteiger partial charge in [0.25, 0.3) is 5.91 Å². The lowest BCUT2D eigenvalue weighted by Crippen LogP contribution is -2.26. The van der Waals surface area contributed by atoms with Crippen molar-refractivity contribution in [2.75, 3.05) is 6.54 Å². The zero-order valence-electron chi connectivity index (χ0n) is 10.8. The monoisotopic (exact) mass is 229 g/mol. The SMILES string of the molecule is C#CCCCNC(=O)c1c(C)cc(C)cc1C. The van der Waals surface area contributed by atoms with Gasteiger partial charge >= 0.3 is 0 Å². The van der Waals surface area contributed by atoms with E-state index in [9.17, 15) is 4.79 Å². The molecular weight excluding hydrogens is 210 g/mol. The Hall–Kier alpha value is -1.75. The Labute approximate surface area is 103 Å². The molecule has 2 nitrogen and oxygen atoms in total. The van der Waals surface area contributed by atoms with Gasteiger partial charge in [0.1, 0.15) is 0 Å². The number of hydrogen-bond donors (Lipinski definition) is 1. The van der Waals surface area contributed by atoms with Crippen LogP contribution >= 0.6 is 0 Å². The normalized spacial score (nSPS) is 9.76. The molecule has 17 heavy (non-hydrogen) atoms. The lowest BCUT2D eigenvalue weighted by atomic mass is 9.99. The van der Waals surface area contributed by atoms with Crippen LogP contribution in [-0.4, -0.2) is 12.5 Å². The van der Waals surface area contributed by atoms with Gasteiger partial charge in [0.05, 0.1) is 0 Å². The van der Waals surface area contributed by atoms with Crippen molar-refractivity contribution in [3.05, 3.63) is 34.4 Å². The number of hydrogen-bond acceptors (Lipinski definition) is 1. The molecule has 0 radical (unpaired) electrons. The van der Waals surface area contributed by atoms with E-state index in [4.69, 9.17) is 6.42 Å². The minimum absolute atomic E-state index is 0.00276. The lowest BCUT2D eigenvalue weighted by molar-refractivity contribution is 0.0952. The van der Waals surface area contributed by atoms with Crippen LogP contribution in [0.15, 0.2) is 12.1 Å². The highest BCUT2D eigenvalue weighted by Crippen LogP contribution is 2.16. The van der Waals surface area contributed by atoms with E-state index in [0.717, 1.165) is 23.1 Å². The van der Waals surface area contributed by atoms with Gasteiger partial charge in [0.15, 0.2) is 0 Å².